The van der Waals surface area contributed by atoms with E-state index in [-0.39, 0.29) is 0 Å². The van der Waals surface area contributed by atoms with Gasteiger partial charge in [-0.3, -0.25) is 4.90 Å². The van der Waals surface area contributed by atoms with E-state index in [4.69, 9.17) is 0 Å². The molecule has 0 amide bonds. The molecule has 50 valence electrons. The summed E-state index contributed by atoms with van der Waals surface area (Å²) in [5, 5.41) is 0. The van der Waals surface area contributed by atoms with Gasteiger partial charge >= 0.3 is 0 Å². The maximum absolute atomic E-state index is 4.67. The fraction of sp³-hybridized carbons (Fsp3) is 1.00. The fourth-order valence-corrected chi connectivity index (χ4v) is 0.226. The van der Waals surface area contributed by atoms with Crippen molar-refractivity contribution >= 4 is 0 Å². The average Bonchev–Trinajstić information content (AvgIpc) is 1.66. The van der Waals surface area contributed by atoms with E-state index in [0.717, 1.165) is 0 Å². The molecule has 0 saturated carbocycles. The van der Waals surface area contributed by atoms with Crippen LogP contribution >= 0.6 is 0 Å². The zero-order valence-electron chi connectivity index (χ0n) is 5.68. The molecule has 0 aliphatic heterocycles. The molecule has 0 radical (unpaired) electrons. The van der Waals surface area contributed by atoms with Crippen molar-refractivity contribution in [3.63, 3.8) is 0 Å². The normalized spacial score (nSPS) is 10.5. The Bertz CT molecular complexity index is 47.7. The molecule has 0 atom stereocenters. The molecule has 0 saturated heterocycles. The first-order valence-corrected chi connectivity index (χ1v) is 2.66. The van der Waals surface area contributed by atoms with Crippen LogP contribution < -0.4 is 0 Å². The molecule has 0 N–H and O–H groups in total. The molecule has 0 bridgehead atoms. The molecule has 0 aromatic carbocycles. The standard InChI is InChI=1S/C5H13NO2/c1-4-7-8-5-6(2)3/h4-5H2,1-3H3. The van der Waals surface area contributed by atoms with Crippen molar-refractivity contribution in [2.75, 3.05) is 27.4 Å². The van der Waals surface area contributed by atoms with Crippen molar-refractivity contribution < 1.29 is 9.78 Å². The number of hydrogen-bond acceptors (Lipinski definition) is 3. The molecule has 3 nitrogen and oxygen atoms in total. The van der Waals surface area contributed by atoms with E-state index in [1.165, 1.54) is 0 Å². The van der Waals surface area contributed by atoms with Crippen LogP contribution in [0, 0.1) is 0 Å². The van der Waals surface area contributed by atoms with Gasteiger partial charge in [0.1, 0.15) is 6.73 Å². The minimum Gasteiger partial charge on any atom is -0.284 e. The molecule has 0 unspecified atom stereocenters. The highest BCUT2D eigenvalue weighted by Gasteiger charge is 1.86. The monoisotopic (exact) mass is 119 g/mol. The quantitative estimate of drug-likeness (QED) is 0.232. The van der Waals surface area contributed by atoms with Gasteiger partial charge in [-0.1, -0.05) is 0 Å². The summed E-state index contributed by atoms with van der Waals surface area (Å²) in [5.74, 6) is 0. The highest BCUT2D eigenvalue weighted by molar-refractivity contribution is 4.19. The molecule has 0 fully saturated rings. The Morgan fingerprint density at radius 2 is 1.88 bits per heavy atom. The molecule has 0 aromatic rings. The Balaban J connectivity index is 2.72. The molecule has 0 heterocycles. The van der Waals surface area contributed by atoms with Crippen molar-refractivity contribution in [3.05, 3.63) is 0 Å². The van der Waals surface area contributed by atoms with Crippen molar-refractivity contribution in [2.45, 2.75) is 6.92 Å². The SMILES string of the molecule is CCOOCN(C)C. The minimum atomic E-state index is 0.522. The molecule has 0 spiro atoms. The second-order valence-corrected chi connectivity index (χ2v) is 1.73. The van der Waals surface area contributed by atoms with Crippen LogP contribution in [0.1, 0.15) is 6.92 Å². The zero-order valence-corrected chi connectivity index (χ0v) is 5.68. The fourth-order valence-electron chi connectivity index (χ4n) is 0.226. The van der Waals surface area contributed by atoms with E-state index in [2.05, 4.69) is 9.78 Å². The van der Waals surface area contributed by atoms with Crippen LogP contribution in [0.5, 0.6) is 0 Å². The molecule has 0 rings (SSSR count). The van der Waals surface area contributed by atoms with Crippen molar-refractivity contribution in [1.82, 2.24) is 4.90 Å². The third kappa shape index (κ3) is 5.88. The lowest BCUT2D eigenvalue weighted by molar-refractivity contribution is -0.308. The van der Waals surface area contributed by atoms with Gasteiger partial charge in [-0.05, 0) is 21.0 Å². The summed E-state index contributed by atoms with van der Waals surface area (Å²) in [6, 6.07) is 0. The van der Waals surface area contributed by atoms with Crippen LogP contribution in [0.15, 0.2) is 0 Å². The van der Waals surface area contributed by atoms with E-state index < -0.39 is 0 Å². The molecule has 0 aliphatic rings. The third-order valence-corrected chi connectivity index (χ3v) is 0.512. The lowest BCUT2D eigenvalue weighted by atomic mass is 10.9. The maximum atomic E-state index is 4.67. The van der Waals surface area contributed by atoms with Gasteiger partial charge in [0.05, 0.1) is 6.61 Å². The van der Waals surface area contributed by atoms with Gasteiger partial charge in [0.15, 0.2) is 0 Å². The van der Waals surface area contributed by atoms with Gasteiger partial charge in [-0.15, -0.1) is 0 Å². The lowest BCUT2D eigenvalue weighted by Crippen LogP contribution is -2.15. The van der Waals surface area contributed by atoms with Gasteiger partial charge in [0.25, 0.3) is 0 Å². The van der Waals surface area contributed by atoms with Gasteiger partial charge in [-0.2, -0.15) is 0 Å². The van der Waals surface area contributed by atoms with E-state index >= 15 is 0 Å². The molecule has 0 aromatic heterocycles. The predicted molar refractivity (Wildman–Crippen MR) is 31.3 cm³/mol. The highest BCUT2D eigenvalue weighted by Crippen LogP contribution is 1.78. The maximum Gasteiger partial charge on any atom is 0.135 e. The van der Waals surface area contributed by atoms with Crippen LogP contribution in [0.4, 0.5) is 0 Å². The first-order chi connectivity index (χ1) is 3.77. The van der Waals surface area contributed by atoms with Crippen LogP contribution in [0.2, 0.25) is 0 Å². The highest BCUT2D eigenvalue weighted by atomic mass is 17.2. The Hall–Kier alpha value is -0.120. The van der Waals surface area contributed by atoms with Crippen LogP contribution in [-0.2, 0) is 9.78 Å². The Morgan fingerprint density at radius 3 is 2.25 bits per heavy atom. The van der Waals surface area contributed by atoms with Gasteiger partial charge in [0, 0.05) is 0 Å². The van der Waals surface area contributed by atoms with Crippen molar-refractivity contribution in [1.29, 1.82) is 0 Å². The topological polar surface area (TPSA) is 21.7 Å². The Morgan fingerprint density at radius 1 is 1.25 bits per heavy atom. The van der Waals surface area contributed by atoms with Crippen LogP contribution in [0.3, 0.4) is 0 Å². The van der Waals surface area contributed by atoms with Crippen LogP contribution in [0.25, 0.3) is 0 Å². The summed E-state index contributed by atoms with van der Waals surface area (Å²) in [4.78, 5) is 11.2. The largest absolute Gasteiger partial charge is 0.284 e. The minimum absolute atomic E-state index is 0.522. The summed E-state index contributed by atoms with van der Waals surface area (Å²) in [6.45, 7) is 3.01. The first-order valence-electron chi connectivity index (χ1n) is 2.66. The number of nitrogens with zero attached hydrogens (tertiary/aromatic N) is 1. The first kappa shape index (κ1) is 7.88. The van der Waals surface area contributed by atoms with E-state index in [1.807, 2.05) is 25.9 Å². The number of rotatable bonds is 4. The van der Waals surface area contributed by atoms with Gasteiger partial charge in [0.2, 0.25) is 0 Å². The Labute approximate surface area is 50.1 Å². The number of hydrogen-bond donors (Lipinski definition) is 0. The van der Waals surface area contributed by atoms with Gasteiger partial charge < -0.3 is 0 Å². The summed E-state index contributed by atoms with van der Waals surface area (Å²) in [5.41, 5.74) is 0. The summed E-state index contributed by atoms with van der Waals surface area (Å²) < 4.78 is 0. The van der Waals surface area contributed by atoms with Crippen LogP contribution in [-0.4, -0.2) is 32.3 Å². The molecule has 8 heavy (non-hydrogen) atoms. The third-order valence-electron chi connectivity index (χ3n) is 0.512. The molecular weight excluding hydrogens is 106 g/mol. The van der Waals surface area contributed by atoms with Crippen molar-refractivity contribution in [2.24, 2.45) is 0 Å². The summed E-state index contributed by atoms with van der Waals surface area (Å²) >= 11 is 0. The Kier molecular flexibility index (Phi) is 4.95. The van der Waals surface area contributed by atoms with E-state index in [9.17, 15) is 0 Å². The molecule has 3 heteroatoms. The molecule has 0 aliphatic carbocycles. The second kappa shape index (κ2) is 5.03. The van der Waals surface area contributed by atoms with Crippen molar-refractivity contribution in [3.8, 4) is 0 Å². The second-order valence-electron chi connectivity index (χ2n) is 1.73. The van der Waals surface area contributed by atoms with E-state index in [1.54, 1.807) is 0 Å². The van der Waals surface area contributed by atoms with Gasteiger partial charge in [-0.25, -0.2) is 9.78 Å². The average molecular weight is 119 g/mol. The molecular formula is C5H13NO2. The van der Waals surface area contributed by atoms with E-state index in [0.29, 0.717) is 13.3 Å². The zero-order chi connectivity index (χ0) is 6.41. The summed E-state index contributed by atoms with van der Waals surface area (Å²) in [7, 11) is 3.83. The summed E-state index contributed by atoms with van der Waals surface area (Å²) in [6.07, 6.45) is 0. The predicted octanol–water partition coefficient (Wildman–Crippen LogP) is 0.474. The smallest absolute Gasteiger partial charge is 0.135 e. The lowest BCUT2D eigenvalue weighted by Gasteiger charge is -2.07.